The van der Waals surface area contributed by atoms with Gasteiger partial charge in [-0.1, -0.05) is 30.3 Å². The van der Waals surface area contributed by atoms with E-state index in [2.05, 4.69) is 27.1 Å². The molecule has 1 aromatic carbocycles. The summed E-state index contributed by atoms with van der Waals surface area (Å²) in [7, 11) is 0. The minimum Gasteiger partial charge on any atom is -0.478 e. The van der Waals surface area contributed by atoms with Crippen molar-refractivity contribution in [2.45, 2.75) is 19.6 Å². The SMILES string of the molecule is C[C@@H]1CNCCN1c1cncc(OCc2ccccc2)n1.O=C(O)/C=C\C(=O)O. The molecule has 1 fully saturated rings. The Kier molecular flexibility index (Phi) is 8.58. The first-order chi connectivity index (χ1) is 14.0. The number of benzene rings is 1. The normalized spacial score (nSPS) is 16.0. The second kappa shape index (κ2) is 11.4. The van der Waals surface area contributed by atoms with Crippen LogP contribution in [0.15, 0.2) is 54.9 Å². The lowest BCUT2D eigenvalue weighted by Crippen LogP contribution is -2.50. The zero-order valence-electron chi connectivity index (χ0n) is 16.1. The first kappa shape index (κ1) is 21.8. The molecule has 0 unspecified atom stereocenters. The Labute approximate surface area is 168 Å². The molecule has 9 nitrogen and oxygen atoms in total. The Morgan fingerprint density at radius 1 is 1.21 bits per heavy atom. The molecule has 29 heavy (non-hydrogen) atoms. The number of nitrogens with zero attached hydrogens (tertiary/aromatic N) is 3. The number of carboxylic acids is 2. The fourth-order valence-electron chi connectivity index (χ4n) is 2.60. The zero-order chi connectivity index (χ0) is 21.1. The molecule has 0 bridgehead atoms. The number of ether oxygens (including phenoxy) is 1. The van der Waals surface area contributed by atoms with Gasteiger partial charge < -0.3 is 25.2 Å². The molecule has 3 rings (SSSR count). The highest BCUT2D eigenvalue weighted by Crippen LogP contribution is 2.18. The van der Waals surface area contributed by atoms with Crippen molar-refractivity contribution >= 4 is 17.8 Å². The van der Waals surface area contributed by atoms with Crippen LogP contribution in [0.2, 0.25) is 0 Å². The highest BCUT2D eigenvalue weighted by atomic mass is 16.5. The lowest BCUT2D eigenvalue weighted by atomic mass is 10.2. The van der Waals surface area contributed by atoms with Crippen molar-refractivity contribution in [3.05, 3.63) is 60.4 Å². The summed E-state index contributed by atoms with van der Waals surface area (Å²) < 4.78 is 5.74. The van der Waals surface area contributed by atoms with Crippen molar-refractivity contribution in [1.29, 1.82) is 0 Å². The standard InChI is InChI=1S/C16H20N4O.C4H4O4/c1-13-9-17-7-8-20(13)15-10-18-11-16(19-15)21-12-14-5-3-2-4-6-14;5-3(6)1-2-4(7)8/h2-6,10-11,13,17H,7-9,12H2,1H3;1-2H,(H,5,6)(H,7,8)/b;2-1-/t13-;/m1./s1. The van der Waals surface area contributed by atoms with Crippen molar-refractivity contribution in [3.63, 3.8) is 0 Å². The predicted octanol–water partition coefficient (Wildman–Crippen LogP) is 1.57. The van der Waals surface area contributed by atoms with Crippen LogP contribution in [0.5, 0.6) is 5.88 Å². The molecular weight excluding hydrogens is 376 g/mol. The van der Waals surface area contributed by atoms with Gasteiger partial charge in [-0.25, -0.2) is 9.59 Å². The molecule has 0 saturated carbocycles. The van der Waals surface area contributed by atoms with Gasteiger partial charge in [0.25, 0.3) is 0 Å². The van der Waals surface area contributed by atoms with Gasteiger partial charge in [-0.2, -0.15) is 4.98 Å². The first-order valence-electron chi connectivity index (χ1n) is 9.05. The second-order valence-electron chi connectivity index (χ2n) is 6.25. The minimum atomic E-state index is -1.26. The molecule has 2 aromatic rings. The first-order valence-corrected chi connectivity index (χ1v) is 9.05. The molecule has 1 aromatic heterocycles. The van der Waals surface area contributed by atoms with Gasteiger partial charge >= 0.3 is 11.9 Å². The van der Waals surface area contributed by atoms with Gasteiger partial charge in [0.05, 0.1) is 12.4 Å². The Morgan fingerprint density at radius 2 is 1.90 bits per heavy atom. The Hall–Kier alpha value is -3.46. The maximum absolute atomic E-state index is 9.55. The van der Waals surface area contributed by atoms with Crippen LogP contribution in [0, 0.1) is 0 Å². The van der Waals surface area contributed by atoms with Crippen molar-refractivity contribution in [2.75, 3.05) is 24.5 Å². The average molecular weight is 400 g/mol. The summed E-state index contributed by atoms with van der Waals surface area (Å²) in [4.78, 5) is 30.2. The number of rotatable bonds is 6. The maximum atomic E-state index is 9.55. The molecule has 0 amide bonds. The lowest BCUT2D eigenvalue weighted by Gasteiger charge is -2.34. The number of hydrogen-bond acceptors (Lipinski definition) is 7. The summed E-state index contributed by atoms with van der Waals surface area (Å²) >= 11 is 0. The van der Waals surface area contributed by atoms with Crippen LogP contribution in [-0.2, 0) is 16.2 Å². The van der Waals surface area contributed by atoms with Crippen molar-refractivity contribution in [3.8, 4) is 5.88 Å². The molecule has 1 aliphatic rings. The van der Waals surface area contributed by atoms with Crippen molar-refractivity contribution < 1.29 is 24.5 Å². The topological polar surface area (TPSA) is 125 Å². The molecule has 1 atom stereocenters. The third-order valence-electron chi connectivity index (χ3n) is 3.99. The number of piperazine rings is 1. The Balaban J connectivity index is 0.000000321. The van der Waals surface area contributed by atoms with E-state index in [1.807, 2.05) is 30.3 Å². The van der Waals surface area contributed by atoms with Gasteiger partial charge in [0.1, 0.15) is 6.61 Å². The third-order valence-corrected chi connectivity index (χ3v) is 3.99. The van der Waals surface area contributed by atoms with E-state index in [-0.39, 0.29) is 0 Å². The summed E-state index contributed by atoms with van der Waals surface area (Å²) in [5, 5.41) is 19.0. The predicted molar refractivity (Wildman–Crippen MR) is 107 cm³/mol. The van der Waals surface area contributed by atoms with Crippen LogP contribution in [-0.4, -0.2) is 57.8 Å². The summed E-state index contributed by atoms with van der Waals surface area (Å²) in [5.74, 6) is -1.06. The summed E-state index contributed by atoms with van der Waals surface area (Å²) in [6, 6.07) is 10.5. The number of anilines is 1. The quantitative estimate of drug-likeness (QED) is 0.620. The zero-order valence-corrected chi connectivity index (χ0v) is 16.1. The Bertz CT molecular complexity index is 813. The number of nitrogens with one attached hydrogen (secondary N) is 1. The van der Waals surface area contributed by atoms with Gasteiger partial charge in [-0.3, -0.25) is 4.98 Å². The fraction of sp³-hybridized carbons (Fsp3) is 0.300. The van der Waals surface area contributed by atoms with Crippen LogP contribution in [0.1, 0.15) is 12.5 Å². The molecule has 0 aliphatic carbocycles. The molecule has 3 N–H and O–H groups in total. The molecule has 0 radical (unpaired) electrons. The smallest absolute Gasteiger partial charge is 0.328 e. The number of aliphatic carboxylic acids is 2. The maximum Gasteiger partial charge on any atom is 0.328 e. The highest BCUT2D eigenvalue weighted by Gasteiger charge is 2.19. The van der Waals surface area contributed by atoms with Gasteiger partial charge in [-0.15, -0.1) is 0 Å². The van der Waals surface area contributed by atoms with Crippen LogP contribution in [0.3, 0.4) is 0 Å². The fourth-order valence-corrected chi connectivity index (χ4v) is 2.60. The van der Waals surface area contributed by atoms with E-state index in [9.17, 15) is 9.59 Å². The van der Waals surface area contributed by atoms with Crippen LogP contribution >= 0.6 is 0 Å². The second-order valence-corrected chi connectivity index (χ2v) is 6.25. The van der Waals surface area contributed by atoms with Crippen LogP contribution < -0.4 is 15.0 Å². The largest absolute Gasteiger partial charge is 0.478 e. The monoisotopic (exact) mass is 400 g/mol. The lowest BCUT2D eigenvalue weighted by molar-refractivity contribution is -0.134. The number of hydrogen-bond donors (Lipinski definition) is 3. The molecule has 154 valence electrons. The van der Waals surface area contributed by atoms with Crippen molar-refractivity contribution in [2.24, 2.45) is 0 Å². The van der Waals surface area contributed by atoms with E-state index >= 15 is 0 Å². The number of aromatic nitrogens is 2. The van der Waals surface area contributed by atoms with E-state index in [4.69, 9.17) is 14.9 Å². The summed E-state index contributed by atoms with van der Waals surface area (Å²) in [6.45, 7) is 5.58. The summed E-state index contributed by atoms with van der Waals surface area (Å²) in [6.07, 6.45) is 4.58. The average Bonchev–Trinajstić information content (AvgIpc) is 2.72. The number of carbonyl (C=O) groups is 2. The van der Waals surface area contributed by atoms with Crippen LogP contribution in [0.25, 0.3) is 0 Å². The molecule has 1 aliphatic heterocycles. The molecule has 2 heterocycles. The van der Waals surface area contributed by atoms with E-state index < -0.39 is 11.9 Å². The Morgan fingerprint density at radius 3 is 2.52 bits per heavy atom. The van der Waals surface area contributed by atoms with E-state index in [0.717, 1.165) is 31.0 Å². The molecular formula is C20H24N4O5. The molecule has 0 spiro atoms. The number of carboxylic acid groups (broad SMARTS) is 2. The molecule has 9 heteroatoms. The summed E-state index contributed by atoms with van der Waals surface area (Å²) in [5.41, 5.74) is 1.13. The minimum absolute atomic E-state index is 0.414. The van der Waals surface area contributed by atoms with E-state index in [1.54, 1.807) is 12.4 Å². The van der Waals surface area contributed by atoms with Gasteiger partial charge in [0.2, 0.25) is 5.88 Å². The third kappa shape index (κ3) is 7.97. The van der Waals surface area contributed by atoms with Gasteiger partial charge in [0.15, 0.2) is 5.82 Å². The van der Waals surface area contributed by atoms with Gasteiger partial charge in [-0.05, 0) is 12.5 Å². The van der Waals surface area contributed by atoms with E-state index in [0.29, 0.717) is 30.7 Å². The van der Waals surface area contributed by atoms with Crippen molar-refractivity contribution in [1.82, 2.24) is 15.3 Å². The van der Waals surface area contributed by atoms with E-state index in [1.165, 1.54) is 0 Å². The van der Waals surface area contributed by atoms with Crippen LogP contribution in [0.4, 0.5) is 5.82 Å². The van der Waals surface area contributed by atoms with Gasteiger partial charge in [0, 0.05) is 37.8 Å². The molecule has 1 saturated heterocycles. The highest BCUT2D eigenvalue weighted by molar-refractivity contribution is 5.89.